The van der Waals surface area contributed by atoms with Crippen LogP contribution in [0.5, 0.6) is 0 Å². The van der Waals surface area contributed by atoms with E-state index in [0.29, 0.717) is 5.56 Å². The number of aromatic nitrogens is 2. The summed E-state index contributed by atoms with van der Waals surface area (Å²) in [6.45, 7) is 1.56. The quantitative estimate of drug-likeness (QED) is 0.632. The van der Waals surface area contributed by atoms with Crippen LogP contribution in [0.25, 0.3) is 11.1 Å². The van der Waals surface area contributed by atoms with Gasteiger partial charge in [0, 0.05) is 11.5 Å². The van der Waals surface area contributed by atoms with Gasteiger partial charge in [-0.2, -0.15) is 0 Å². The Hall–Kier alpha value is -2.94. The summed E-state index contributed by atoms with van der Waals surface area (Å²) >= 11 is 3.32. The van der Waals surface area contributed by atoms with E-state index in [9.17, 15) is 14.4 Å². The maximum absolute atomic E-state index is 12.9. The van der Waals surface area contributed by atoms with E-state index in [0.717, 1.165) is 4.47 Å². The lowest BCUT2D eigenvalue weighted by atomic mass is 10.1. The van der Waals surface area contributed by atoms with E-state index >= 15 is 0 Å². The molecule has 0 saturated heterocycles. The maximum Gasteiger partial charge on any atom is 0.333 e. The van der Waals surface area contributed by atoms with Crippen molar-refractivity contribution in [1.82, 2.24) is 14.9 Å². The summed E-state index contributed by atoms with van der Waals surface area (Å²) in [6.07, 6.45) is 1.31. The number of carbonyl (C=O) groups is 2. The maximum atomic E-state index is 12.9. The number of ether oxygens (including phenoxy) is 1. The second-order valence-electron chi connectivity index (χ2n) is 5.86. The van der Waals surface area contributed by atoms with Gasteiger partial charge in [0.1, 0.15) is 17.5 Å². The lowest BCUT2D eigenvalue weighted by molar-refractivity contribution is -0.143. The minimum atomic E-state index is -1.04. The first-order chi connectivity index (χ1) is 12.8. The van der Waals surface area contributed by atoms with E-state index in [-0.39, 0.29) is 22.4 Å². The van der Waals surface area contributed by atoms with Gasteiger partial charge in [0.2, 0.25) is 5.71 Å². The Labute approximate surface area is 162 Å². The Morgan fingerprint density at radius 1 is 1.30 bits per heavy atom. The Morgan fingerprint density at radius 2 is 1.96 bits per heavy atom. The molecule has 0 spiro atoms. The summed E-state index contributed by atoms with van der Waals surface area (Å²) in [6, 6.07) is 5.82. The minimum absolute atomic E-state index is 0.0460. The van der Waals surface area contributed by atoms with Crippen LogP contribution in [0.2, 0.25) is 0 Å². The molecule has 1 aromatic carbocycles. The van der Waals surface area contributed by atoms with Gasteiger partial charge < -0.3 is 19.0 Å². The number of fused-ring (bicyclic) bond motifs is 1. The molecule has 8 nitrogen and oxygen atoms in total. The van der Waals surface area contributed by atoms with Crippen molar-refractivity contribution in [1.29, 1.82) is 0 Å². The first-order valence-corrected chi connectivity index (χ1v) is 8.71. The van der Waals surface area contributed by atoms with Gasteiger partial charge in [-0.15, -0.1) is 0 Å². The molecule has 27 heavy (non-hydrogen) atoms. The SMILES string of the molecule is COC(=O)C(NC(=O)c1c(C)oc2ncn(C)c(=O)c12)c1ccc(Br)cc1. The number of nitrogens with one attached hydrogen (secondary N) is 1. The zero-order valence-electron chi connectivity index (χ0n) is 14.8. The summed E-state index contributed by atoms with van der Waals surface area (Å²) < 4.78 is 12.3. The molecule has 0 saturated carbocycles. The van der Waals surface area contributed by atoms with Gasteiger partial charge in [0.05, 0.1) is 12.7 Å². The van der Waals surface area contributed by atoms with Gasteiger partial charge in [-0.3, -0.25) is 9.59 Å². The Kier molecular flexibility index (Phi) is 5.13. The number of amides is 1. The fourth-order valence-electron chi connectivity index (χ4n) is 2.72. The number of hydrogen-bond acceptors (Lipinski definition) is 6. The Balaban J connectivity index is 2.04. The lowest BCUT2D eigenvalue weighted by Gasteiger charge is -2.17. The summed E-state index contributed by atoms with van der Waals surface area (Å²) in [5.41, 5.74) is 0.235. The van der Waals surface area contributed by atoms with E-state index in [1.54, 1.807) is 31.2 Å². The molecule has 1 amide bonds. The number of carbonyl (C=O) groups excluding carboxylic acids is 2. The molecule has 0 aliphatic carbocycles. The Bertz CT molecular complexity index is 1080. The molecular formula is C18H16BrN3O5. The molecule has 0 aliphatic heterocycles. The first kappa shape index (κ1) is 18.8. The smallest absolute Gasteiger partial charge is 0.333 e. The van der Waals surface area contributed by atoms with Crippen molar-refractivity contribution in [2.45, 2.75) is 13.0 Å². The van der Waals surface area contributed by atoms with E-state index in [1.807, 2.05) is 0 Å². The van der Waals surface area contributed by atoms with Crippen molar-refractivity contribution in [3.63, 3.8) is 0 Å². The Morgan fingerprint density at radius 3 is 2.59 bits per heavy atom. The molecule has 0 bridgehead atoms. The molecule has 0 fully saturated rings. The fraction of sp³-hybridized carbons (Fsp3) is 0.222. The van der Waals surface area contributed by atoms with E-state index in [1.165, 1.54) is 25.1 Å². The summed E-state index contributed by atoms with van der Waals surface area (Å²) in [5, 5.41) is 2.69. The molecular weight excluding hydrogens is 418 g/mol. The van der Waals surface area contributed by atoms with Gasteiger partial charge in [-0.1, -0.05) is 28.1 Å². The molecule has 3 aromatic rings. The fourth-order valence-corrected chi connectivity index (χ4v) is 2.98. The zero-order valence-corrected chi connectivity index (χ0v) is 16.4. The first-order valence-electron chi connectivity index (χ1n) is 7.92. The van der Waals surface area contributed by atoms with Crippen molar-refractivity contribution in [2.24, 2.45) is 7.05 Å². The predicted octanol–water partition coefficient (Wildman–Crippen LogP) is 2.24. The highest BCUT2D eigenvalue weighted by atomic mass is 79.9. The van der Waals surface area contributed by atoms with Crippen molar-refractivity contribution in [2.75, 3.05) is 7.11 Å². The van der Waals surface area contributed by atoms with Crippen LogP contribution in [0.3, 0.4) is 0 Å². The van der Waals surface area contributed by atoms with Crippen LogP contribution < -0.4 is 10.9 Å². The zero-order chi connectivity index (χ0) is 19.7. The number of methoxy groups -OCH3 is 1. The van der Waals surface area contributed by atoms with Crippen LogP contribution in [0.4, 0.5) is 0 Å². The second-order valence-corrected chi connectivity index (χ2v) is 6.77. The molecule has 1 unspecified atom stereocenters. The van der Waals surface area contributed by atoms with Crippen LogP contribution >= 0.6 is 15.9 Å². The van der Waals surface area contributed by atoms with Gasteiger partial charge in [-0.05, 0) is 24.6 Å². The molecule has 2 aromatic heterocycles. The van der Waals surface area contributed by atoms with Crippen LogP contribution in [0.1, 0.15) is 27.7 Å². The van der Waals surface area contributed by atoms with Crippen LogP contribution in [0.15, 0.2) is 44.3 Å². The molecule has 2 heterocycles. The number of aryl methyl sites for hydroxylation is 2. The standard InChI is InChI=1S/C18H16BrN3O5/c1-9-12(13-16(27-9)20-8-22(2)17(13)24)15(23)21-14(18(25)26-3)10-4-6-11(19)7-5-10/h4-8,14H,1-3H3,(H,21,23). The van der Waals surface area contributed by atoms with Crippen LogP contribution in [-0.2, 0) is 16.6 Å². The van der Waals surface area contributed by atoms with E-state index in [2.05, 4.69) is 26.2 Å². The topological polar surface area (TPSA) is 103 Å². The predicted molar refractivity (Wildman–Crippen MR) is 100 cm³/mol. The van der Waals surface area contributed by atoms with E-state index in [4.69, 9.17) is 9.15 Å². The van der Waals surface area contributed by atoms with Gasteiger partial charge >= 0.3 is 5.97 Å². The number of hydrogen-bond donors (Lipinski definition) is 1. The molecule has 0 radical (unpaired) electrons. The van der Waals surface area contributed by atoms with Gasteiger partial charge in [0.25, 0.3) is 11.5 Å². The molecule has 9 heteroatoms. The van der Waals surface area contributed by atoms with Gasteiger partial charge in [0.15, 0.2) is 6.04 Å². The third-order valence-electron chi connectivity index (χ3n) is 4.09. The third-order valence-corrected chi connectivity index (χ3v) is 4.62. The number of halogens is 1. The number of benzene rings is 1. The lowest BCUT2D eigenvalue weighted by Crippen LogP contribution is -2.35. The number of furan rings is 1. The summed E-state index contributed by atoms with van der Waals surface area (Å²) in [4.78, 5) is 41.6. The third kappa shape index (κ3) is 3.50. The molecule has 1 atom stereocenters. The molecule has 0 aliphatic rings. The average molecular weight is 434 g/mol. The minimum Gasteiger partial charge on any atom is -0.467 e. The highest BCUT2D eigenvalue weighted by Crippen LogP contribution is 2.23. The summed E-state index contributed by atoms with van der Waals surface area (Å²) in [7, 11) is 2.76. The highest BCUT2D eigenvalue weighted by molar-refractivity contribution is 9.10. The second kappa shape index (κ2) is 7.36. The largest absolute Gasteiger partial charge is 0.467 e. The number of rotatable bonds is 4. The molecule has 3 rings (SSSR count). The summed E-state index contributed by atoms with van der Waals surface area (Å²) in [5.74, 6) is -1.03. The van der Waals surface area contributed by atoms with E-state index < -0.39 is 23.5 Å². The molecule has 1 N–H and O–H groups in total. The number of esters is 1. The molecule has 140 valence electrons. The average Bonchev–Trinajstić information content (AvgIpc) is 2.99. The van der Waals surface area contributed by atoms with Crippen molar-refractivity contribution in [3.8, 4) is 0 Å². The van der Waals surface area contributed by atoms with Crippen LogP contribution in [0, 0.1) is 6.92 Å². The normalized spacial score (nSPS) is 12.0. The van der Waals surface area contributed by atoms with Crippen molar-refractivity contribution < 1.29 is 18.7 Å². The van der Waals surface area contributed by atoms with Crippen LogP contribution in [-0.4, -0.2) is 28.5 Å². The monoisotopic (exact) mass is 433 g/mol. The number of nitrogens with zero attached hydrogens (tertiary/aromatic N) is 2. The highest BCUT2D eigenvalue weighted by Gasteiger charge is 2.28. The van der Waals surface area contributed by atoms with Crippen molar-refractivity contribution in [3.05, 3.63) is 62.3 Å². The van der Waals surface area contributed by atoms with Crippen molar-refractivity contribution >= 4 is 38.9 Å². The van der Waals surface area contributed by atoms with Gasteiger partial charge in [-0.25, -0.2) is 9.78 Å².